The molecule has 5 rings (SSSR count). The Bertz CT molecular complexity index is 1360. The number of thiophene rings is 1. The number of piperidine rings is 1. The maximum Gasteiger partial charge on any atom is 0.433 e. The third-order valence-corrected chi connectivity index (χ3v) is 7.95. The number of alkyl halides is 3. The monoisotopic (exact) mass is 488 g/mol. The van der Waals surface area contributed by atoms with Crippen molar-refractivity contribution in [2.75, 3.05) is 0 Å². The molecule has 2 fully saturated rings. The highest BCUT2D eigenvalue weighted by Crippen LogP contribution is 2.63. The molecule has 0 N–H and O–H groups in total. The Morgan fingerprint density at radius 3 is 2.44 bits per heavy atom. The van der Waals surface area contributed by atoms with Crippen molar-refractivity contribution >= 4 is 33.4 Å². The van der Waals surface area contributed by atoms with Crippen LogP contribution in [0.2, 0.25) is 0 Å². The Morgan fingerprint density at radius 2 is 1.82 bits per heavy atom. The van der Waals surface area contributed by atoms with Gasteiger partial charge in [0.1, 0.15) is 12.2 Å². The molecular formula is C23H19F3N4O3S. The minimum atomic E-state index is -4.66. The molecule has 2 aliphatic rings. The molecule has 1 aliphatic heterocycles. The molecule has 34 heavy (non-hydrogen) atoms. The average Bonchev–Trinajstić information content (AvgIpc) is 3.02. The first-order valence-electron chi connectivity index (χ1n) is 10.5. The second-order valence-electron chi connectivity index (χ2n) is 9.23. The van der Waals surface area contributed by atoms with Gasteiger partial charge < -0.3 is 0 Å². The van der Waals surface area contributed by atoms with Gasteiger partial charge in [0, 0.05) is 27.9 Å². The molecule has 1 saturated heterocycles. The summed E-state index contributed by atoms with van der Waals surface area (Å²) in [4.78, 5) is 46.3. The number of nitrogens with zero attached hydrogens (tertiary/aromatic N) is 4. The molecule has 3 aromatic rings. The summed E-state index contributed by atoms with van der Waals surface area (Å²) in [5.41, 5.74) is 0.189. The maximum atomic E-state index is 13.5. The fourth-order valence-electron chi connectivity index (χ4n) is 4.94. The van der Waals surface area contributed by atoms with Crippen LogP contribution in [-0.2, 0) is 28.9 Å². The number of rotatable bonds is 5. The Kier molecular flexibility index (Phi) is 4.91. The number of imide groups is 1. The minimum absolute atomic E-state index is 0.0706. The summed E-state index contributed by atoms with van der Waals surface area (Å²) in [6, 6.07) is 4.23. The first-order chi connectivity index (χ1) is 15.9. The molecule has 2 unspecified atom stereocenters. The van der Waals surface area contributed by atoms with Gasteiger partial charge in [0.05, 0.1) is 28.6 Å². The first-order valence-corrected chi connectivity index (χ1v) is 11.4. The van der Waals surface area contributed by atoms with Crippen LogP contribution >= 0.6 is 11.3 Å². The largest absolute Gasteiger partial charge is 0.433 e. The number of nitroso groups, excluding NO2 is 1. The summed E-state index contributed by atoms with van der Waals surface area (Å²) in [5, 5.41) is 2.87. The number of hydrogen-bond donors (Lipinski definition) is 0. The SMILES string of the molecule is Cc1nc(C(F)(F)F)cc(-c2ccnc3cc(CN4C(=O)C5C(C4=O)C5(C)C)sc23)c1CN=O. The summed E-state index contributed by atoms with van der Waals surface area (Å²) in [7, 11) is 0. The number of aromatic nitrogens is 2. The normalized spacial score (nSPS) is 21.3. The molecule has 0 aromatic carbocycles. The Morgan fingerprint density at radius 1 is 1.15 bits per heavy atom. The van der Waals surface area contributed by atoms with Crippen LogP contribution in [0, 0.1) is 29.1 Å². The van der Waals surface area contributed by atoms with Crippen molar-refractivity contribution < 1.29 is 22.8 Å². The zero-order chi connectivity index (χ0) is 24.6. The molecule has 2 amide bonds. The van der Waals surface area contributed by atoms with Gasteiger partial charge in [-0.05, 0) is 36.1 Å². The van der Waals surface area contributed by atoms with Crippen molar-refractivity contribution in [1.82, 2.24) is 14.9 Å². The highest BCUT2D eigenvalue weighted by atomic mass is 32.1. The van der Waals surface area contributed by atoms with Crippen molar-refractivity contribution in [3.8, 4) is 11.1 Å². The highest BCUT2D eigenvalue weighted by molar-refractivity contribution is 7.19. The Labute approximate surface area is 196 Å². The Balaban J connectivity index is 1.57. The van der Waals surface area contributed by atoms with Crippen LogP contribution in [-0.4, -0.2) is 26.7 Å². The minimum Gasteiger partial charge on any atom is -0.277 e. The molecule has 4 heterocycles. The molecule has 7 nitrogen and oxygen atoms in total. The fraction of sp³-hybridized carbons (Fsp3) is 0.391. The van der Waals surface area contributed by atoms with E-state index in [4.69, 9.17) is 0 Å². The number of amides is 2. The summed E-state index contributed by atoms with van der Waals surface area (Å²) in [6.45, 7) is 4.98. The molecule has 0 radical (unpaired) electrons. The number of halogens is 3. The number of pyridine rings is 2. The van der Waals surface area contributed by atoms with E-state index in [1.54, 1.807) is 12.1 Å². The van der Waals surface area contributed by atoms with Crippen molar-refractivity contribution in [3.05, 3.63) is 51.1 Å². The summed E-state index contributed by atoms with van der Waals surface area (Å²) in [5.74, 6) is -0.960. The summed E-state index contributed by atoms with van der Waals surface area (Å²) >= 11 is 1.25. The number of likely N-dealkylation sites (tertiary alicyclic amines) is 1. The molecular weight excluding hydrogens is 469 g/mol. The molecule has 1 aliphatic carbocycles. The number of hydrogen-bond acceptors (Lipinski definition) is 7. The van der Waals surface area contributed by atoms with E-state index >= 15 is 0 Å². The van der Waals surface area contributed by atoms with Gasteiger partial charge in [-0.15, -0.1) is 11.3 Å². The van der Waals surface area contributed by atoms with Gasteiger partial charge in [0.2, 0.25) is 11.8 Å². The van der Waals surface area contributed by atoms with Crippen molar-refractivity contribution in [1.29, 1.82) is 0 Å². The lowest BCUT2D eigenvalue weighted by Gasteiger charge is -2.19. The predicted octanol–water partition coefficient (Wildman–Crippen LogP) is 5.09. The number of carbonyl (C=O) groups excluding carboxylic acids is 2. The van der Waals surface area contributed by atoms with E-state index in [0.717, 1.165) is 6.07 Å². The maximum absolute atomic E-state index is 13.5. The van der Waals surface area contributed by atoms with Gasteiger partial charge in [-0.3, -0.25) is 19.5 Å². The van der Waals surface area contributed by atoms with Crippen LogP contribution in [0.15, 0.2) is 29.6 Å². The van der Waals surface area contributed by atoms with Gasteiger partial charge >= 0.3 is 6.18 Å². The van der Waals surface area contributed by atoms with Crippen molar-refractivity contribution in [2.45, 2.75) is 40.0 Å². The Hall–Kier alpha value is -3.21. The standard InChI is InChI=1S/C23H19F3N4O3S/c1-10-14(8-28-33)13(7-16(29-10)23(24,25)26)12-4-5-27-15-6-11(34-19(12)15)9-30-20(31)17-18(21(30)32)22(17,2)3/h4-7,17-18H,8-9H2,1-3H3. The average molecular weight is 488 g/mol. The lowest BCUT2D eigenvalue weighted by atomic mass is 9.98. The van der Waals surface area contributed by atoms with E-state index < -0.39 is 11.9 Å². The number of fused-ring (bicyclic) bond motifs is 2. The molecule has 11 heteroatoms. The molecule has 3 aromatic heterocycles. The van der Waals surface area contributed by atoms with Crippen LogP contribution in [0.4, 0.5) is 13.2 Å². The third-order valence-electron chi connectivity index (χ3n) is 6.80. The van der Waals surface area contributed by atoms with E-state index in [-0.39, 0.29) is 53.4 Å². The van der Waals surface area contributed by atoms with E-state index in [1.165, 1.54) is 29.4 Å². The summed E-state index contributed by atoms with van der Waals surface area (Å²) < 4.78 is 41.0. The number of carbonyl (C=O) groups is 2. The topological polar surface area (TPSA) is 92.6 Å². The lowest BCUT2D eigenvalue weighted by Crippen LogP contribution is -2.35. The van der Waals surface area contributed by atoms with E-state index in [0.29, 0.717) is 26.2 Å². The van der Waals surface area contributed by atoms with Crippen LogP contribution in [0.5, 0.6) is 0 Å². The van der Waals surface area contributed by atoms with Crippen LogP contribution < -0.4 is 0 Å². The zero-order valence-electron chi connectivity index (χ0n) is 18.4. The lowest BCUT2D eigenvalue weighted by molar-refractivity contribution is -0.144. The van der Waals surface area contributed by atoms with E-state index in [1.807, 2.05) is 13.8 Å². The van der Waals surface area contributed by atoms with Crippen LogP contribution in [0.25, 0.3) is 21.3 Å². The molecule has 1 saturated carbocycles. The smallest absolute Gasteiger partial charge is 0.277 e. The quantitative estimate of drug-likeness (QED) is 0.368. The second-order valence-corrected chi connectivity index (χ2v) is 10.4. The van der Waals surface area contributed by atoms with Crippen LogP contribution in [0.3, 0.4) is 0 Å². The fourth-order valence-corrected chi connectivity index (χ4v) is 6.07. The van der Waals surface area contributed by atoms with Gasteiger partial charge in [0.25, 0.3) is 0 Å². The van der Waals surface area contributed by atoms with E-state index in [9.17, 15) is 27.7 Å². The zero-order valence-corrected chi connectivity index (χ0v) is 19.3. The molecule has 176 valence electrons. The number of aryl methyl sites for hydroxylation is 1. The molecule has 0 spiro atoms. The first kappa shape index (κ1) is 22.6. The highest BCUT2D eigenvalue weighted by Gasteiger charge is 2.72. The van der Waals surface area contributed by atoms with Gasteiger partial charge in [-0.25, -0.2) is 4.98 Å². The van der Waals surface area contributed by atoms with Crippen LogP contribution in [0.1, 0.15) is 35.7 Å². The molecule has 0 bridgehead atoms. The van der Waals surface area contributed by atoms with Crippen molar-refractivity contribution in [3.63, 3.8) is 0 Å². The van der Waals surface area contributed by atoms with Gasteiger partial charge in [-0.1, -0.05) is 19.0 Å². The van der Waals surface area contributed by atoms with E-state index in [2.05, 4.69) is 15.1 Å². The third kappa shape index (κ3) is 3.32. The van der Waals surface area contributed by atoms with Gasteiger partial charge in [-0.2, -0.15) is 18.1 Å². The predicted molar refractivity (Wildman–Crippen MR) is 118 cm³/mol. The van der Waals surface area contributed by atoms with Crippen molar-refractivity contribution in [2.24, 2.45) is 22.4 Å². The summed E-state index contributed by atoms with van der Waals surface area (Å²) in [6.07, 6.45) is -3.19. The second kappa shape index (κ2) is 7.39. The molecule has 2 atom stereocenters. The van der Waals surface area contributed by atoms with Gasteiger partial charge in [0.15, 0.2) is 0 Å².